The van der Waals surface area contributed by atoms with Gasteiger partial charge in [0.2, 0.25) is 5.91 Å². The van der Waals surface area contributed by atoms with Crippen molar-refractivity contribution in [1.82, 2.24) is 15.1 Å². The standard InChI is InChI=1S/C12H24N4O4/c1-15(2)7-4-8-16(3)12(20)14-9(11(18)19)5-6-10(13)17/h9H,4-8H2,1-3H3,(H2,13,17)(H,14,20)(H,18,19). The molecule has 0 aliphatic heterocycles. The Kier molecular flexibility index (Phi) is 8.30. The normalized spacial score (nSPS) is 12.0. The maximum Gasteiger partial charge on any atom is 0.326 e. The number of rotatable bonds is 9. The maximum absolute atomic E-state index is 11.8. The minimum Gasteiger partial charge on any atom is -0.480 e. The second-order valence-corrected chi connectivity index (χ2v) is 4.92. The number of urea groups is 1. The molecule has 0 heterocycles. The lowest BCUT2D eigenvalue weighted by atomic mass is 10.1. The van der Waals surface area contributed by atoms with Crippen LogP contribution in [0.1, 0.15) is 19.3 Å². The van der Waals surface area contributed by atoms with Gasteiger partial charge in [0.1, 0.15) is 6.04 Å². The highest BCUT2D eigenvalue weighted by Gasteiger charge is 2.22. The molecule has 20 heavy (non-hydrogen) atoms. The first kappa shape index (κ1) is 18.2. The van der Waals surface area contributed by atoms with Crippen molar-refractivity contribution in [2.24, 2.45) is 5.73 Å². The van der Waals surface area contributed by atoms with Gasteiger partial charge in [-0.1, -0.05) is 0 Å². The van der Waals surface area contributed by atoms with Crippen LogP contribution in [0.4, 0.5) is 4.79 Å². The molecule has 1 atom stereocenters. The average Bonchev–Trinajstić information content (AvgIpc) is 2.32. The lowest BCUT2D eigenvalue weighted by molar-refractivity contribution is -0.139. The molecule has 0 saturated carbocycles. The third-order valence-electron chi connectivity index (χ3n) is 2.72. The topological polar surface area (TPSA) is 116 Å². The van der Waals surface area contributed by atoms with Crippen molar-refractivity contribution in [3.05, 3.63) is 0 Å². The number of carboxylic acid groups (broad SMARTS) is 1. The first-order chi connectivity index (χ1) is 9.23. The molecule has 0 aromatic heterocycles. The number of carbonyl (C=O) groups excluding carboxylic acids is 2. The summed E-state index contributed by atoms with van der Waals surface area (Å²) in [5, 5.41) is 11.3. The Bertz CT molecular complexity index is 346. The van der Waals surface area contributed by atoms with Crippen molar-refractivity contribution in [3.8, 4) is 0 Å². The summed E-state index contributed by atoms with van der Waals surface area (Å²) in [6.07, 6.45) is 0.694. The molecular formula is C12H24N4O4. The van der Waals surface area contributed by atoms with E-state index < -0.39 is 23.9 Å². The predicted molar refractivity (Wildman–Crippen MR) is 74.2 cm³/mol. The molecule has 1 unspecified atom stereocenters. The molecule has 8 nitrogen and oxygen atoms in total. The van der Waals surface area contributed by atoms with Gasteiger partial charge >= 0.3 is 12.0 Å². The number of hydrogen-bond donors (Lipinski definition) is 3. The number of primary amides is 1. The van der Waals surface area contributed by atoms with E-state index in [1.54, 1.807) is 7.05 Å². The summed E-state index contributed by atoms with van der Waals surface area (Å²) < 4.78 is 0. The fourth-order valence-corrected chi connectivity index (χ4v) is 1.53. The van der Waals surface area contributed by atoms with Crippen LogP contribution in [-0.2, 0) is 9.59 Å². The predicted octanol–water partition coefficient (Wildman–Crippen LogP) is -0.702. The van der Waals surface area contributed by atoms with Crippen LogP contribution in [0.5, 0.6) is 0 Å². The molecule has 0 aliphatic rings. The molecule has 0 fully saturated rings. The minimum absolute atomic E-state index is 0.0120. The second kappa shape index (κ2) is 9.13. The molecule has 0 aliphatic carbocycles. The van der Waals surface area contributed by atoms with Gasteiger partial charge in [-0.2, -0.15) is 0 Å². The van der Waals surface area contributed by atoms with E-state index in [4.69, 9.17) is 10.8 Å². The molecule has 4 N–H and O–H groups in total. The largest absolute Gasteiger partial charge is 0.480 e. The van der Waals surface area contributed by atoms with E-state index in [-0.39, 0.29) is 12.8 Å². The van der Waals surface area contributed by atoms with E-state index in [9.17, 15) is 14.4 Å². The Hall–Kier alpha value is -1.83. The fourth-order valence-electron chi connectivity index (χ4n) is 1.53. The van der Waals surface area contributed by atoms with E-state index in [1.165, 1.54) is 4.90 Å². The third kappa shape index (κ3) is 8.30. The highest BCUT2D eigenvalue weighted by molar-refractivity contribution is 5.83. The van der Waals surface area contributed by atoms with Crippen molar-refractivity contribution >= 4 is 17.9 Å². The molecule has 0 saturated heterocycles. The van der Waals surface area contributed by atoms with Gasteiger partial charge in [0.15, 0.2) is 0 Å². The zero-order valence-corrected chi connectivity index (χ0v) is 12.3. The van der Waals surface area contributed by atoms with Gasteiger partial charge in [0, 0.05) is 20.0 Å². The number of carbonyl (C=O) groups is 3. The Morgan fingerprint density at radius 2 is 1.80 bits per heavy atom. The van der Waals surface area contributed by atoms with E-state index in [0.29, 0.717) is 6.54 Å². The van der Waals surface area contributed by atoms with E-state index in [0.717, 1.165) is 13.0 Å². The zero-order valence-electron chi connectivity index (χ0n) is 12.3. The van der Waals surface area contributed by atoms with Gasteiger partial charge in [-0.15, -0.1) is 0 Å². The van der Waals surface area contributed by atoms with Gasteiger partial charge in [0.25, 0.3) is 0 Å². The SMILES string of the molecule is CN(C)CCCN(C)C(=O)NC(CCC(N)=O)C(=O)O. The first-order valence-electron chi connectivity index (χ1n) is 6.41. The lowest BCUT2D eigenvalue weighted by Crippen LogP contribution is -2.47. The summed E-state index contributed by atoms with van der Waals surface area (Å²) in [4.78, 5) is 36.9. The third-order valence-corrected chi connectivity index (χ3v) is 2.72. The molecular weight excluding hydrogens is 264 g/mol. The first-order valence-corrected chi connectivity index (χ1v) is 6.41. The van der Waals surface area contributed by atoms with Crippen LogP contribution >= 0.6 is 0 Å². The van der Waals surface area contributed by atoms with Crippen LogP contribution < -0.4 is 11.1 Å². The van der Waals surface area contributed by atoms with E-state index in [1.807, 2.05) is 19.0 Å². The summed E-state index contributed by atoms with van der Waals surface area (Å²) in [5.74, 6) is -1.77. The van der Waals surface area contributed by atoms with Crippen molar-refractivity contribution in [2.75, 3.05) is 34.2 Å². The van der Waals surface area contributed by atoms with Gasteiger partial charge in [-0.3, -0.25) is 4.79 Å². The van der Waals surface area contributed by atoms with Gasteiger partial charge in [-0.25, -0.2) is 9.59 Å². The molecule has 0 rings (SSSR count). The summed E-state index contributed by atoms with van der Waals surface area (Å²) in [6.45, 7) is 1.35. The van der Waals surface area contributed by atoms with E-state index in [2.05, 4.69) is 5.32 Å². The van der Waals surface area contributed by atoms with Crippen LogP contribution in [0.25, 0.3) is 0 Å². The average molecular weight is 288 g/mol. The Morgan fingerprint density at radius 3 is 2.25 bits per heavy atom. The highest BCUT2D eigenvalue weighted by Crippen LogP contribution is 1.99. The molecule has 116 valence electrons. The number of carboxylic acids is 1. The van der Waals surface area contributed by atoms with Gasteiger partial charge < -0.3 is 26.0 Å². The number of aliphatic carboxylic acids is 1. The van der Waals surface area contributed by atoms with Crippen molar-refractivity contribution in [3.63, 3.8) is 0 Å². The van der Waals surface area contributed by atoms with Crippen molar-refractivity contribution in [2.45, 2.75) is 25.3 Å². The fraction of sp³-hybridized carbons (Fsp3) is 0.750. The Balaban J connectivity index is 4.23. The Morgan fingerprint density at radius 1 is 1.20 bits per heavy atom. The number of hydrogen-bond acceptors (Lipinski definition) is 4. The van der Waals surface area contributed by atoms with Crippen LogP contribution in [0, 0.1) is 0 Å². The lowest BCUT2D eigenvalue weighted by Gasteiger charge is -2.21. The molecule has 3 amide bonds. The smallest absolute Gasteiger partial charge is 0.326 e. The number of nitrogens with one attached hydrogen (secondary N) is 1. The molecule has 8 heteroatoms. The van der Waals surface area contributed by atoms with Crippen LogP contribution in [0.3, 0.4) is 0 Å². The van der Waals surface area contributed by atoms with Crippen LogP contribution in [-0.4, -0.2) is 73.1 Å². The van der Waals surface area contributed by atoms with Crippen LogP contribution in [0.2, 0.25) is 0 Å². The molecule has 0 aromatic rings. The summed E-state index contributed by atoms with van der Waals surface area (Å²) >= 11 is 0. The van der Waals surface area contributed by atoms with Crippen molar-refractivity contribution in [1.29, 1.82) is 0 Å². The number of nitrogens with two attached hydrogens (primary N) is 1. The highest BCUT2D eigenvalue weighted by atomic mass is 16.4. The van der Waals surface area contributed by atoms with Gasteiger partial charge in [-0.05, 0) is 33.5 Å². The summed E-state index contributed by atoms with van der Waals surface area (Å²) in [6, 6.07) is -1.58. The molecule has 0 aromatic carbocycles. The second-order valence-electron chi connectivity index (χ2n) is 4.92. The molecule has 0 bridgehead atoms. The molecule has 0 spiro atoms. The monoisotopic (exact) mass is 288 g/mol. The Labute approximate surface area is 118 Å². The summed E-state index contributed by atoms with van der Waals surface area (Å²) in [5.41, 5.74) is 4.97. The van der Waals surface area contributed by atoms with Crippen LogP contribution in [0.15, 0.2) is 0 Å². The van der Waals surface area contributed by atoms with Crippen molar-refractivity contribution < 1.29 is 19.5 Å². The quantitative estimate of drug-likeness (QED) is 0.519. The van der Waals surface area contributed by atoms with Gasteiger partial charge in [0.05, 0.1) is 0 Å². The number of amides is 3. The minimum atomic E-state index is -1.18. The molecule has 0 radical (unpaired) electrons. The summed E-state index contributed by atoms with van der Waals surface area (Å²) in [7, 11) is 5.46. The zero-order chi connectivity index (χ0) is 15.7. The van der Waals surface area contributed by atoms with E-state index >= 15 is 0 Å². The number of nitrogens with zero attached hydrogens (tertiary/aromatic N) is 2. The maximum atomic E-state index is 11.8.